The number of nitrogens with two attached hydrogens (primary N) is 1. The van der Waals surface area contributed by atoms with E-state index >= 15 is 0 Å². The number of ketones is 1. The van der Waals surface area contributed by atoms with Crippen LogP contribution in [-0.2, 0) is 0 Å². The Morgan fingerprint density at radius 1 is 1.40 bits per heavy atom. The maximum atomic E-state index is 13.3. The highest BCUT2D eigenvalue weighted by molar-refractivity contribution is 6.02. The summed E-state index contributed by atoms with van der Waals surface area (Å²) in [6.45, 7) is -0.226. The van der Waals surface area contributed by atoms with Crippen LogP contribution in [0.15, 0.2) is 12.1 Å². The van der Waals surface area contributed by atoms with Crippen LogP contribution < -0.4 is 15.2 Å². The van der Waals surface area contributed by atoms with E-state index in [2.05, 4.69) is 0 Å². The number of benzene rings is 1. The second-order valence-corrected chi connectivity index (χ2v) is 2.79. The minimum absolute atomic E-state index is 0.0440. The van der Waals surface area contributed by atoms with Crippen molar-refractivity contribution in [3.8, 4) is 11.5 Å². The van der Waals surface area contributed by atoms with Gasteiger partial charge in [-0.3, -0.25) is 4.79 Å². The maximum absolute atomic E-state index is 13.3. The summed E-state index contributed by atoms with van der Waals surface area (Å²) < 4.78 is 23.0. The van der Waals surface area contributed by atoms with E-state index in [-0.39, 0.29) is 23.6 Å². The Labute approximate surface area is 86.8 Å². The number of methoxy groups -OCH3 is 2. The molecule has 4 nitrogen and oxygen atoms in total. The highest BCUT2D eigenvalue weighted by Crippen LogP contribution is 2.31. The highest BCUT2D eigenvalue weighted by Gasteiger charge is 2.20. The van der Waals surface area contributed by atoms with Crippen molar-refractivity contribution < 1.29 is 18.7 Å². The summed E-state index contributed by atoms with van der Waals surface area (Å²) in [6, 6.07) is 2.53. The van der Waals surface area contributed by atoms with E-state index in [1.165, 1.54) is 26.4 Å². The first-order valence-electron chi connectivity index (χ1n) is 4.29. The monoisotopic (exact) mass is 213 g/mol. The number of hydrogen-bond donors (Lipinski definition) is 1. The van der Waals surface area contributed by atoms with Gasteiger partial charge >= 0.3 is 0 Å². The van der Waals surface area contributed by atoms with Gasteiger partial charge in [-0.1, -0.05) is 0 Å². The Balaban J connectivity index is 3.40. The number of carbonyl (C=O) groups excluding carboxylic acids is 1. The minimum atomic E-state index is -0.616. The average molecular weight is 213 g/mol. The number of ether oxygens (including phenoxy) is 2. The molecular weight excluding hydrogens is 201 g/mol. The van der Waals surface area contributed by atoms with E-state index in [0.717, 1.165) is 0 Å². The Hall–Kier alpha value is -1.62. The van der Waals surface area contributed by atoms with Crippen LogP contribution in [0.1, 0.15) is 10.4 Å². The molecule has 0 fully saturated rings. The molecule has 1 aromatic carbocycles. The Bertz CT molecular complexity index is 379. The van der Waals surface area contributed by atoms with Crippen LogP contribution in [0.2, 0.25) is 0 Å². The molecule has 2 N–H and O–H groups in total. The molecule has 82 valence electrons. The van der Waals surface area contributed by atoms with E-state index in [4.69, 9.17) is 15.2 Å². The first-order chi connectivity index (χ1) is 7.15. The van der Waals surface area contributed by atoms with Crippen LogP contribution in [0.25, 0.3) is 0 Å². The van der Waals surface area contributed by atoms with Crippen LogP contribution >= 0.6 is 0 Å². The molecule has 5 heteroatoms. The Morgan fingerprint density at radius 2 is 2.07 bits per heavy atom. The molecule has 0 aliphatic carbocycles. The van der Waals surface area contributed by atoms with Gasteiger partial charge in [-0.15, -0.1) is 0 Å². The number of hydrogen-bond acceptors (Lipinski definition) is 4. The summed E-state index contributed by atoms with van der Waals surface area (Å²) in [5.74, 6) is -0.924. The van der Waals surface area contributed by atoms with Gasteiger partial charge in [0.25, 0.3) is 0 Å². The van der Waals surface area contributed by atoms with Crippen molar-refractivity contribution in [1.29, 1.82) is 0 Å². The molecule has 0 bridgehead atoms. The van der Waals surface area contributed by atoms with Gasteiger partial charge in [0, 0.05) is 0 Å². The molecule has 15 heavy (non-hydrogen) atoms. The maximum Gasteiger partial charge on any atom is 0.183 e. The molecule has 0 saturated heterocycles. The molecule has 1 aromatic rings. The lowest BCUT2D eigenvalue weighted by Crippen LogP contribution is -2.16. The van der Waals surface area contributed by atoms with Gasteiger partial charge < -0.3 is 15.2 Å². The minimum Gasteiger partial charge on any atom is -0.496 e. The fourth-order valence-electron chi connectivity index (χ4n) is 1.27. The second kappa shape index (κ2) is 4.75. The molecule has 0 aliphatic rings. The van der Waals surface area contributed by atoms with Crippen molar-refractivity contribution in [3.63, 3.8) is 0 Å². The van der Waals surface area contributed by atoms with Gasteiger partial charge in [0.1, 0.15) is 11.3 Å². The fraction of sp³-hybridized carbons (Fsp3) is 0.300. The Kier molecular flexibility index (Phi) is 3.62. The summed E-state index contributed by atoms with van der Waals surface area (Å²) in [5, 5.41) is 0. The van der Waals surface area contributed by atoms with Gasteiger partial charge in [-0.2, -0.15) is 0 Å². The zero-order valence-corrected chi connectivity index (χ0v) is 8.54. The third-order valence-corrected chi connectivity index (χ3v) is 1.96. The van der Waals surface area contributed by atoms with E-state index < -0.39 is 11.6 Å². The van der Waals surface area contributed by atoms with E-state index in [1.54, 1.807) is 0 Å². The quantitative estimate of drug-likeness (QED) is 0.757. The number of halogens is 1. The largest absolute Gasteiger partial charge is 0.496 e. The number of rotatable bonds is 4. The van der Waals surface area contributed by atoms with E-state index in [0.29, 0.717) is 0 Å². The molecular formula is C10H12FNO3. The van der Waals surface area contributed by atoms with Crippen molar-refractivity contribution in [3.05, 3.63) is 23.5 Å². The topological polar surface area (TPSA) is 61.5 Å². The molecule has 0 aliphatic heterocycles. The molecule has 0 atom stereocenters. The summed E-state index contributed by atoms with van der Waals surface area (Å²) in [4.78, 5) is 11.5. The van der Waals surface area contributed by atoms with Gasteiger partial charge in [-0.25, -0.2) is 4.39 Å². The predicted molar refractivity (Wildman–Crippen MR) is 52.9 cm³/mol. The summed E-state index contributed by atoms with van der Waals surface area (Å²) in [5.41, 5.74) is 5.26. The second-order valence-electron chi connectivity index (χ2n) is 2.79. The number of carbonyl (C=O) groups is 1. The van der Waals surface area contributed by atoms with Gasteiger partial charge in [0.05, 0.1) is 20.8 Å². The van der Waals surface area contributed by atoms with Crippen LogP contribution in [-0.4, -0.2) is 26.5 Å². The van der Waals surface area contributed by atoms with Crippen molar-refractivity contribution >= 4 is 5.78 Å². The van der Waals surface area contributed by atoms with E-state index in [1.807, 2.05) is 0 Å². The molecule has 0 heterocycles. The third-order valence-electron chi connectivity index (χ3n) is 1.96. The lowest BCUT2D eigenvalue weighted by atomic mass is 10.1. The van der Waals surface area contributed by atoms with Crippen LogP contribution in [0.5, 0.6) is 11.5 Å². The van der Waals surface area contributed by atoms with Crippen molar-refractivity contribution in [2.45, 2.75) is 0 Å². The van der Waals surface area contributed by atoms with Gasteiger partial charge in [-0.05, 0) is 12.1 Å². The normalized spacial score (nSPS) is 9.87. The zero-order valence-electron chi connectivity index (χ0n) is 8.54. The summed E-state index contributed by atoms with van der Waals surface area (Å²) >= 11 is 0. The molecule has 1 rings (SSSR count). The van der Waals surface area contributed by atoms with Crippen LogP contribution in [0, 0.1) is 5.82 Å². The predicted octanol–water partition coefficient (Wildman–Crippen LogP) is 0.984. The molecule has 0 radical (unpaired) electrons. The molecule has 0 unspecified atom stereocenters. The molecule has 0 amide bonds. The molecule has 0 spiro atoms. The Morgan fingerprint density at radius 3 is 2.53 bits per heavy atom. The first kappa shape index (κ1) is 11.5. The zero-order chi connectivity index (χ0) is 11.4. The van der Waals surface area contributed by atoms with Crippen molar-refractivity contribution in [2.24, 2.45) is 5.73 Å². The van der Waals surface area contributed by atoms with Crippen LogP contribution in [0.3, 0.4) is 0 Å². The highest BCUT2D eigenvalue weighted by atomic mass is 19.1. The van der Waals surface area contributed by atoms with Crippen molar-refractivity contribution in [2.75, 3.05) is 20.8 Å². The van der Waals surface area contributed by atoms with Crippen LogP contribution in [0.4, 0.5) is 4.39 Å². The fourth-order valence-corrected chi connectivity index (χ4v) is 1.27. The summed E-state index contributed by atoms with van der Waals surface area (Å²) in [7, 11) is 2.67. The standard InChI is InChI=1S/C10H12FNO3/c1-14-8-4-3-6(11)10(15-2)9(8)7(13)5-12/h3-4H,5,12H2,1-2H3. The van der Waals surface area contributed by atoms with Gasteiger partial charge in [0.15, 0.2) is 17.3 Å². The average Bonchev–Trinajstić information content (AvgIpc) is 2.27. The molecule has 0 saturated carbocycles. The first-order valence-corrected chi connectivity index (χ1v) is 4.29. The third kappa shape index (κ3) is 2.07. The lowest BCUT2D eigenvalue weighted by molar-refractivity contribution is 0.0994. The van der Waals surface area contributed by atoms with E-state index in [9.17, 15) is 9.18 Å². The van der Waals surface area contributed by atoms with Gasteiger partial charge in [0.2, 0.25) is 0 Å². The van der Waals surface area contributed by atoms with Crippen molar-refractivity contribution in [1.82, 2.24) is 0 Å². The summed E-state index contributed by atoms with van der Waals surface area (Å²) in [6.07, 6.45) is 0. The molecule has 0 aromatic heterocycles. The smallest absolute Gasteiger partial charge is 0.183 e. The number of Topliss-reactive ketones (excluding diaryl/α,β-unsaturated/α-hetero) is 1. The SMILES string of the molecule is COc1ccc(F)c(OC)c1C(=O)CN. The lowest BCUT2D eigenvalue weighted by Gasteiger charge is -2.11.